The maximum Gasteiger partial charge on any atom is 0.137 e. The first-order chi connectivity index (χ1) is 7.33. The number of aromatic amines is 1. The topological polar surface area (TPSA) is 54.7 Å². The number of benzene rings is 1. The van der Waals surface area contributed by atoms with Crippen molar-refractivity contribution < 1.29 is 0 Å². The van der Waals surface area contributed by atoms with Gasteiger partial charge >= 0.3 is 0 Å². The second-order valence-corrected chi connectivity index (χ2v) is 4.11. The smallest absolute Gasteiger partial charge is 0.137 e. The minimum absolute atomic E-state index is 0.832. The van der Waals surface area contributed by atoms with Crippen molar-refractivity contribution >= 4 is 17.4 Å². The van der Waals surface area contributed by atoms with Gasteiger partial charge in [-0.05, 0) is 17.9 Å². The molecule has 0 fully saturated rings. The molecule has 3 nitrogen and oxygen atoms in total. The summed E-state index contributed by atoms with van der Waals surface area (Å²) in [7, 11) is 0. The van der Waals surface area contributed by atoms with Crippen molar-refractivity contribution in [3.05, 3.63) is 36.2 Å². The Hall–Kier alpha value is -1.42. The first kappa shape index (κ1) is 10.1. The third-order valence-corrected chi connectivity index (χ3v) is 2.83. The Balaban J connectivity index is 2.51. The lowest BCUT2D eigenvalue weighted by Gasteiger charge is -2.09. The molecule has 0 unspecified atom stereocenters. The van der Waals surface area contributed by atoms with E-state index in [-0.39, 0.29) is 0 Å². The second kappa shape index (κ2) is 4.40. The Bertz CT molecular complexity index is 437. The second-order valence-electron chi connectivity index (χ2n) is 3.24. The van der Waals surface area contributed by atoms with Crippen LogP contribution in [0.5, 0.6) is 0 Å². The molecule has 0 bridgehead atoms. The number of rotatable bonds is 3. The molecular weight excluding hydrogens is 206 g/mol. The molecule has 0 aliphatic rings. The summed E-state index contributed by atoms with van der Waals surface area (Å²) >= 11 is 1.76. The van der Waals surface area contributed by atoms with E-state index in [1.807, 2.05) is 24.4 Å². The summed E-state index contributed by atoms with van der Waals surface area (Å²) in [4.78, 5) is 7.35. The van der Waals surface area contributed by atoms with Crippen molar-refractivity contribution in [3.63, 3.8) is 0 Å². The van der Waals surface area contributed by atoms with Crippen LogP contribution in [0.25, 0.3) is 11.4 Å². The number of nitrogen functional groups attached to an aromatic ring is 1. The van der Waals surface area contributed by atoms with Crippen LogP contribution in [0.1, 0.15) is 5.56 Å². The quantitative estimate of drug-likeness (QED) is 0.780. The normalized spacial score (nSPS) is 10.5. The van der Waals surface area contributed by atoms with Crippen molar-refractivity contribution in [2.45, 2.75) is 5.75 Å². The van der Waals surface area contributed by atoms with E-state index in [0.717, 1.165) is 28.4 Å². The van der Waals surface area contributed by atoms with Gasteiger partial charge in [0.05, 0.1) is 0 Å². The molecule has 4 heteroatoms. The number of nitrogens with two attached hydrogens (primary N) is 1. The van der Waals surface area contributed by atoms with Crippen LogP contribution in [-0.4, -0.2) is 16.2 Å². The number of H-pyrrole nitrogens is 1. The zero-order chi connectivity index (χ0) is 10.7. The Morgan fingerprint density at radius 2 is 2.33 bits per heavy atom. The van der Waals surface area contributed by atoms with Crippen LogP contribution in [0.2, 0.25) is 0 Å². The van der Waals surface area contributed by atoms with Gasteiger partial charge in [0.15, 0.2) is 0 Å². The molecule has 0 atom stereocenters. The van der Waals surface area contributed by atoms with Crippen LogP contribution in [-0.2, 0) is 5.75 Å². The van der Waals surface area contributed by atoms with E-state index in [2.05, 4.69) is 16.2 Å². The third kappa shape index (κ3) is 1.99. The molecule has 0 saturated carbocycles. The van der Waals surface area contributed by atoms with Gasteiger partial charge < -0.3 is 10.7 Å². The molecule has 0 spiro atoms. The van der Waals surface area contributed by atoms with E-state index in [9.17, 15) is 0 Å². The van der Waals surface area contributed by atoms with Crippen molar-refractivity contribution in [2.24, 2.45) is 0 Å². The van der Waals surface area contributed by atoms with Crippen molar-refractivity contribution in [2.75, 3.05) is 12.0 Å². The van der Waals surface area contributed by atoms with Crippen molar-refractivity contribution in [1.82, 2.24) is 9.97 Å². The number of hydrogen-bond donors (Lipinski definition) is 2. The predicted octanol–water partition coefficient (Wildman–Crippen LogP) is 2.52. The number of imidazole rings is 1. The van der Waals surface area contributed by atoms with E-state index in [1.165, 1.54) is 0 Å². The minimum atomic E-state index is 0.832. The largest absolute Gasteiger partial charge is 0.398 e. The van der Waals surface area contributed by atoms with Crippen LogP contribution in [0.4, 0.5) is 5.69 Å². The molecule has 0 amide bonds. The van der Waals surface area contributed by atoms with Crippen molar-refractivity contribution in [1.29, 1.82) is 0 Å². The Kier molecular flexibility index (Phi) is 2.97. The number of aromatic nitrogens is 2. The highest BCUT2D eigenvalue weighted by molar-refractivity contribution is 7.97. The summed E-state index contributed by atoms with van der Waals surface area (Å²) in [5.74, 6) is 1.79. The number of anilines is 1. The van der Waals surface area contributed by atoms with Gasteiger partial charge in [-0.15, -0.1) is 0 Å². The molecule has 3 N–H and O–H groups in total. The Morgan fingerprint density at radius 3 is 3.00 bits per heavy atom. The number of hydrogen-bond acceptors (Lipinski definition) is 3. The van der Waals surface area contributed by atoms with E-state index in [0.29, 0.717) is 0 Å². The van der Waals surface area contributed by atoms with Crippen LogP contribution >= 0.6 is 11.8 Å². The molecule has 2 rings (SSSR count). The average Bonchev–Trinajstić information content (AvgIpc) is 2.74. The number of nitrogens with zero attached hydrogens (tertiary/aromatic N) is 1. The van der Waals surface area contributed by atoms with Gasteiger partial charge in [-0.2, -0.15) is 11.8 Å². The fraction of sp³-hybridized carbons (Fsp3) is 0.182. The number of nitrogens with one attached hydrogen (secondary N) is 1. The molecular formula is C11H13N3S. The van der Waals surface area contributed by atoms with Gasteiger partial charge in [-0.1, -0.05) is 12.1 Å². The average molecular weight is 219 g/mol. The predicted molar refractivity (Wildman–Crippen MR) is 65.7 cm³/mol. The first-order valence-electron chi connectivity index (χ1n) is 4.69. The molecule has 1 heterocycles. The van der Waals surface area contributed by atoms with Gasteiger partial charge in [0.2, 0.25) is 0 Å². The van der Waals surface area contributed by atoms with E-state index < -0.39 is 0 Å². The number of thioether (sulfide) groups is 1. The van der Waals surface area contributed by atoms with Gasteiger partial charge in [-0.3, -0.25) is 0 Å². The summed E-state index contributed by atoms with van der Waals surface area (Å²) in [5, 5.41) is 0. The SMILES string of the molecule is CSCc1c(N)cccc1-c1ncc[nH]1. The zero-order valence-corrected chi connectivity index (χ0v) is 9.34. The van der Waals surface area contributed by atoms with E-state index in [4.69, 9.17) is 5.73 Å². The van der Waals surface area contributed by atoms with Gasteiger partial charge in [0.1, 0.15) is 5.82 Å². The fourth-order valence-corrected chi connectivity index (χ4v) is 2.16. The fourth-order valence-electron chi connectivity index (χ4n) is 1.54. The maximum atomic E-state index is 5.96. The molecule has 0 saturated heterocycles. The van der Waals surface area contributed by atoms with Gasteiger partial charge in [0, 0.05) is 29.4 Å². The van der Waals surface area contributed by atoms with Gasteiger partial charge in [0.25, 0.3) is 0 Å². The molecule has 78 valence electrons. The lowest BCUT2D eigenvalue weighted by atomic mass is 10.1. The lowest BCUT2D eigenvalue weighted by Crippen LogP contribution is -1.96. The summed E-state index contributed by atoms with van der Waals surface area (Å²) < 4.78 is 0. The summed E-state index contributed by atoms with van der Waals surface area (Å²) in [6, 6.07) is 5.93. The molecule has 15 heavy (non-hydrogen) atoms. The maximum absolute atomic E-state index is 5.96. The highest BCUT2D eigenvalue weighted by Gasteiger charge is 2.08. The minimum Gasteiger partial charge on any atom is -0.398 e. The highest BCUT2D eigenvalue weighted by Crippen LogP contribution is 2.27. The standard InChI is InChI=1S/C11H13N3S/c1-15-7-9-8(3-2-4-10(9)12)11-13-5-6-14-11/h2-6H,7,12H2,1H3,(H,13,14). The molecule has 2 aromatic rings. The molecule has 1 aromatic carbocycles. The van der Waals surface area contributed by atoms with Crippen LogP contribution in [0.15, 0.2) is 30.6 Å². The van der Waals surface area contributed by atoms with E-state index in [1.54, 1.807) is 18.0 Å². The Labute approximate surface area is 93.1 Å². The van der Waals surface area contributed by atoms with Crippen LogP contribution in [0, 0.1) is 0 Å². The van der Waals surface area contributed by atoms with E-state index >= 15 is 0 Å². The molecule has 0 aliphatic carbocycles. The Morgan fingerprint density at radius 1 is 1.47 bits per heavy atom. The zero-order valence-electron chi connectivity index (χ0n) is 8.53. The first-order valence-corrected chi connectivity index (χ1v) is 6.08. The van der Waals surface area contributed by atoms with Crippen LogP contribution < -0.4 is 5.73 Å². The summed E-state index contributed by atoms with van der Waals surface area (Å²) in [5.41, 5.74) is 9.03. The molecule has 0 aliphatic heterocycles. The summed E-state index contributed by atoms with van der Waals surface area (Å²) in [6.07, 6.45) is 5.64. The lowest BCUT2D eigenvalue weighted by molar-refractivity contribution is 1.28. The molecule has 1 aromatic heterocycles. The monoisotopic (exact) mass is 219 g/mol. The summed E-state index contributed by atoms with van der Waals surface area (Å²) in [6.45, 7) is 0. The van der Waals surface area contributed by atoms with Gasteiger partial charge in [-0.25, -0.2) is 4.98 Å². The van der Waals surface area contributed by atoms with Crippen LogP contribution in [0.3, 0.4) is 0 Å². The molecule has 0 radical (unpaired) electrons. The highest BCUT2D eigenvalue weighted by atomic mass is 32.2. The third-order valence-electron chi connectivity index (χ3n) is 2.25. The van der Waals surface area contributed by atoms with Crippen molar-refractivity contribution in [3.8, 4) is 11.4 Å².